The molecule has 2 amide bonds. The van der Waals surface area contributed by atoms with Crippen molar-refractivity contribution in [3.63, 3.8) is 0 Å². The molecule has 1 aromatic heterocycles. The molecule has 1 N–H and O–H groups in total. The molecule has 0 unspecified atom stereocenters. The Hall–Kier alpha value is -3.76. The number of nitrogens with one attached hydrogen (secondary N) is 1. The van der Waals surface area contributed by atoms with E-state index in [1.54, 1.807) is 73.9 Å². The summed E-state index contributed by atoms with van der Waals surface area (Å²) in [5.41, 5.74) is 1.52. The molecule has 192 valence electrons. The van der Waals surface area contributed by atoms with E-state index in [1.807, 2.05) is 22.4 Å². The molecule has 2 heterocycles. The zero-order valence-electron chi connectivity index (χ0n) is 20.5. The highest BCUT2D eigenvalue weighted by Crippen LogP contribution is 2.28. The number of thiocarbonyl (C=S) groups is 1. The van der Waals surface area contributed by atoms with E-state index in [4.69, 9.17) is 21.7 Å². The first-order valence-electron chi connectivity index (χ1n) is 11.8. The number of ether oxygens (including phenoxy) is 2. The number of carbonyl (C=O) groups is 3. The van der Waals surface area contributed by atoms with E-state index in [2.05, 4.69) is 5.32 Å². The summed E-state index contributed by atoms with van der Waals surface area (Å²) in [6.07, 6.45) is 0.629. The number of nitrogens with zero attached hydrogens (tertiary/aromatic N) is 2. The van der Waals surface area contributed by atoms with Crippen LogP contribution in [-0.4, -0.2) is 54.1 Å². The number of thiophene rings is 1. The van der Waals surface area contributed by atoms with E-state index in [0.717, 1.165) is 4.88 Å². The Kier molecular flexibility index (Phi) is 8.52. The molecule has 1 atom stereocenters. The third-order valence-electron chi connectivity index (χ3n) is 5.89. The number of methoxy groups -OCH3 is 1. The Balaban J connectivity index is 1.53. The van der Waals surface area contributed by atoms with Crippen LogP contribution in [0.15, 0.2) is 66.0 Å². The first-order chi connectivity index (χ1) is 17.9. The zero-order valence-corrected chi connectivity index (χ0v) is 22.1. The van der Waals surface area contributed by atoms with Crippen molar-refractivity contribution in [3.05, 3.63) is 76.5 Å². The second kappa shape index (κ2) is 12.0. The van der Waals surface area contributed by atoms with Gasteiger partial charge < -0.3 is 19.7 Å². The van der Waals surface area contributed by atoms with E-state index in [0.29, 0.717) is 40.8 Å². The highest BCUT2D eigenvalue weighted by atomic mass is 32.1. The van der Waals surface area contributed by atoms with Crippen LogP contribution in [0.2, 0.25) is 0 Å². The second-order valence-electron chi connectivity index (χ2n) is 8.24. The van der Waals surface area contributed by atoms with Crippen LogP contribution in [0.25, 0.3) is 0 Å². The topological polar surface area (TPSA) is 88.2 Å². The maximum atomic E-state index is 13.6. The minimum atomic E-state index is -0.754. The number of hydrogen-bond donors (Lipinski definition) is 1. The van der Waals surface area contributed by atoms with Crippen molar-refractivity contribution in [2.24, 2.45) is 0 Å². The summed E-state index contributed by atoms with van der Waals surface area (Å²) >= 11 is 7.36. The summed E-state index contributed by atoms with van der Waals surface area (Å²) in [7, 11) is 1.57. The Morgan fingerprint density at radius 3 is 2.43 bits per heavy atom. The average molecular weight is 538 g/mol. The molecule has 4 rings (SSSR count). The Bertz CT molecular complexity index is 1260. The van der Waals surface area contributed by atoms with Crippen LogP contribution >= 0.6 is 23.6 Å². The molecule has 37 heavy (non-hydrogen) atoms. The van der Waals surface area contributed by atoms with E-state index >= 15 is 0 Å². The summed E-state index contributed by atoms with van der Waals surface area (Å²) in [6, 6.07) is 16.8. The summed E-state index contributed by atoms with van der Waals surface area (Å²) in [5.74, 6) is -0.342. The highest BCUT2D eigenvalue weighted by Gasteiger charge is 2.44. The third-order valence-corrected chi connectivity index (χ3v) is 7.24. The van der Waals surface area contributed by atoms with Gasteiger partial charge in [0.1, 0.15) is 11.8 Å². The van der Waals surface area contributed by atoms with Crippen molar-refractivity contribution in [1.82, 2.24) is 4.90 Å². The SMILES string of the molecule is CCOC(=O)c1ccc(N2C(=O)[C@H](CC(=O)Nc3ccc(OC)cc3)N(CCc3cccs3)C2=S)cc1. The molecule has 1 aliphatic heterocycles. The lowest BCUT2D eigenvalue weighted by atomic mass is 10.1. The molecule has 0 aliphatic carbocycles. The first-order valence-corrected chi connectivity index (χ1v) is 13.1. The van der Waals surface area contributed by atoms with Crippen LogP contribution in [0.5, 0.6) is 5.75 Å². The van der Waals surface area contributed by atoms with Crippen molar-refractivity contribution in [2.45, 2.75) is 25.8 Å². The lowest BCUT2D eigenvalue weighted by molar-refractivity contribution is -0.124. The molecule has 1 aliphatic rings. The molecular formula is C27H27N3O5S2. The monoisotopic (exact) mass is 537 g/mol. The van der Waals surface area contributed by atoms with Gasteiger partial charge in [-0.1, -0.05) is 6.07 Å². The summed E-state index contributed by atoms with van der Waals surface area (Å²) in [5, 5.41) is 5.17. The molecule has 1 fully saturated rings. The number of hydrogen-bond acceptors (Lipinski definition) is 7. The number of benzene rings is 2. The van der Waals surface area contributed by atoms with Crippen LogP contribution in [-0.2, 0) is 20.7 Å². The van der Waals surface area contributed by atoms with Gasteiger partial charge in [-0.15, -0.1) is 11.3 Å². The van der Waals surface area contributed by atoms with Gasteiger partial charge in [0, 0.05) is 17.1 Å². The molecule has 0 saturated carbocycles. The molecule has 3 aromatic rings. The van der Waals surface area contributed by atoms with Crippen LogP contribution in [0.1, 0.15) is 28.6 Å². The fourth-order valence-corrected chi connectivity index (χ4v) is 5.15. The van der Waals surface area contributed by atoms with Gasteiger partial charge in [0.2, 0.25) is 5.91 Å². The van der Waals surface area contributed by atoms with Crippen molar-refractivity contribution in [2.75, 3.05) is 30.5 Å². The number of rotatable bonds is 10. The fraction of sp³-hybridized carbons (Fsp3) is 0.259. The summed E-state index contributed by atoms with van der Waals surface area (Å²) < 4.78 is 10.2. The molecular weight excluding hydrogens is 510 g/mol. The maximum Gasteiger partial charge on any atom is 0.338 e. The average Bonchev–Trinajstić information content (AvgIpc) is 3.50. The van der Waals surface area contributed by atoms with Crippen molar-refractivity contribution < 1.29 is 23.9 Å². The number of amides is 2. The number of carbonyl (C=O) groups excluding carboxylic acids is 3. The highest BCUT2D eigenvalue weighted by molar-refractivity contribution is 7.80. The second-order valence-corrected chi connectivity index (χ2v) is 9.64. The smallest absolute Gasteiger partial charge is 0.338 e. The van der Waals surface area contributed by atoms with E-state index in [1.165, 1.54) is 4.90 Å². The van der Waals surface area contributed by atoms with Gasteiger partial charge in [-0.25, -0.2) is 4.79 Å². The van der Waals surface area contributed by atoms with Gasteiger partial charge in [0.05, 0.1) is 31.4 Å². The minimum absolute atomic E-state index is 0.0626. The summed E-state index contributed by atoms with van der Waals surface area (Å²) in [4.78, 5) is 43.0. The molecule has 0 bridgehead atoms. The van der Waals surface area contributed by atoms with Crippen LogP contribution in [0.3, 0.4) is 0 Å². The van der Waals surface area contributed by atoms with Crippen molar-refractivity contribution in [3.8, 4) is 5.75 Å². The van der Waals surface area contributed by atoms with Crippen molar-refractivity contribution in [1.29, 1.82) is 0 Å². The Labute approximate surface area is 224 Å². The van der Waals surface area contributed by atoms with Crippen molar-refractivity contribution >= 4 is 57.8 Å². The molecule has 0 spiro atoms. The number of anilines is 2. The molecule has 1 saturated heterocycles. The summed E-state index contributed by atoms with van der Waals surface area (Å²) in [6.45, 7) is 2.50. The molecule has 0 radical (unpaired) electrons. The van der Waals surface area contributed by atoms with Gasteiger partial charge in [-0.3, -0.25) is 14.5 Å². The molecule has 8 nitrogen and oxygen atoms in total. The van der Waals surface area contributed by atoms with Crippen LogP contribution in [0.4, 0.5) is 11.4 Å². The molecule has 2 aromatic carbocycles. The van der Waals surface area contributed by atoms with E-state index in [9.17, 15) is 14.4 Å². The first kappa shape index (κ1) is 26.3. The van der Waals surface area contributed by atoms with Gasteiger partial charge in [-0.2, -0.15) is 0 Å². The van der Waals surface area contributed by atoms with Gasteiger partial charge >= 0.3 is 5.97 Å². The lowest BCUT2D eigenvalue weighted by Crippen LogP contribution is -2.39. The fourth-order valence-electron chi connectivity index (χ4n) is 4.03. The maximum absolute atomic E-state index is 13.6. The molecule has 10 heteroatoms. The van der Waals surface area contributed by atoms with E-state index in [-0.39, 0.29) is 24.8 Å². The van der Waals surface area contributed by atoms with Gasteiger partial charge in [0.15, 0.2) is 5.11 Å². The lowest BCUT2D eigenvalue weighted by Gasteiger charge is -2.23. The van der Waals surface area contributed by atoms with Crippen LogP contribution < -0.4 is 15.0 Å². The Morgan fingerprint density at radius 1 is 1.08 bits per heavy atom. The normalized spacial score (nSPS) is 15.1. The third kappa shape index (κ3) is 6.15. The Morgan fingerprint density at radius 2 is 1.81 bits per heavy atom. The quantitative estimate of drug-likeness (QED) is 0.301. The number of esters is 1. The van der Waals surface area contributed by atoms with E-state index < -0.39 is 12.0 Å². The van der Waals surface area contributed by atoms with Gasteiger partial charge in [0.25, 0.3) is 5.91 Å². The van der Waals surface area contributed by atoms with Crippen LogP contribution in [0, 0.1) is 0 Å². The predicted molar refractivity (Wildman–Crippen MR) is 147 cm³/mol. The largest absolute Gasteiger partial charge is 0.497 e. The van der Waals surface area contributed by atoms with Gasteiger partial charge in [-0.05, 0) is 85.5 Å². The minimum Gasteiger partial charge on any atom is -0.497 e. The predicted octanol–water partition coefficient (Wildman–Crippen LogP) is 4.51. The standard InChI is InChI=1S/C27H27N3O5S2/c1-3-35-26(33)18-6-10-20(11-7-18)30-25(32)23(29(27(30)36)15-14-22-5-4-16-37-22)17-24(31)28-19-8-12-21(34-2)13-9-19/h4-13,16,23H,3,14-15,17H2,1-2H3,(H,28,31)/t23-/m0/s1. The zero-order chi connectivity index (χ0) is 26.4.